The first kappa shape index (κ1) is 15.5. The predicted molar refractivity (Wildman–Crippen MR) is 82.7 cm³/mol. The highest BCUT2D eigenvalue weighted by Crippen LogP contribution is 2.21. The van der Waals surface area contributed by atoms with Crippen LogP contribution in [0.2, 0.25) is 0 Å². The molecule has 0 aromatic heterocycles. The third-order valence-corrected chi connectivity index (χ3v) is 3.88. The summed E-state index contributed by atoms with van der Waals surface area (Å²) in [7, 11) is 0. The average Bonchev–Trinajstić information content (AvgIpc) is 2.33. The Morgan fingerprint density at radius 3 is 2.24 bits per heavy atom. The van der Waals surface area contributed by atoms with Crippen molar-refractivity contribution in [3.63, 3.8) is 0 Å². The Morgan fingerprint density at radius 2 is 1.71 bits per heavy atom. The number of hydrogen-bond donors (Lipinski definition) is 1. The standard InChI is InChI=1S/C17H24N2O2/c1-10(2)15-16(20)18-13(5)17(21)19(15)9-14-7-11(3)6-12(4)8-14/h6-8,10,13,15H,9H2,1-5H3,(H,18,20). The number of benzene rings is 1. The van der Waals surface area contributed by atoms with Crippen molar-refractivity contribution < 1.29 is 9.59 Å². The van der Waals surface area contributed by atoms with Gasteiger partial charge in [-0.25, -0.2) is 0 Å². The molecule has 2 atom stereocenters. The summed E-state index contributed by atoms with van der Waals surface area (Å²) in [5.41, 5.74) is 3.43. The molecule has 1 heterocycles. The summed E-state index contributed by atoms with van der Waals surface area (Å²) in [5.74, 6) is 0.0290. The largest absolute Gasteiger partial charge is 0.343 e. The fourth-order valence-electron chi connectivity index (χ4n) is 3.08. The summed E-state index contributed by atoms with van der Waals surface area (Å²) < 4.78 is 0. The molecule has 2 rings (SSSR count). The summed E-state index contributed by atoms with van der Waals surface area (Å²) in [5, 5.41) is 2.77. The average molecular weight is 288 g/mol. The minimum atomic E-state index is -0.446. The van der Waals surface area contributed by atoms with Gasteiger partial charge in [-0.1, -0.05) is 43.2 Å². The summed E-state index contributed by atoms with van der Waals surface area (Å²) >= 11 is 0. The Bertz CT molecular complexity index is 546. The van der Waals surface area contributed by atoms with Gasteiger partial charge >= 0.3 is 0 Å². The van der Waals surface area contributed by atoms with E-state index in [0.29, 0.717) is 6.54 Å². The molecule has 0 bridgehead atoms. The van der Waals surface area contributed by atoms with E-state index in [9.17, 15) is 9.59 Å². The molecule has 21 heavy (non-hydrogen) atoms. The van der Waals surface area contributed by atoms with E-state index in [4.69, 9.17) is 0 Å². The Hall–Kier alpha value is -1.84. The van der Waals surface area contributed by atoms with Crippen molar-refractivity contribution in [3.05, 3.63) is 34.9 Å². The van der Waals surface area contributed by atoms with Gasteiger partial charge in [-0.05, 0) is 32.3 Å². The third-order valence-electron chi connectivity index (χ3n) is 3.88. The van der Waals surface area contributed by atoms with Crippen LogP contribution in [0.15, 0.2) is 18.2 Å². The van der Waals surface area contributed by atoms with Gasteiger partial charge in [-0.2, -0.15) is 0 Å². The number of nitrogens with one attached hydrogen (secondary N) is 1. The highest BCUT2D eigenvalue weighted by Gasteiger charge is 2.39. The van der Waals surface area contributed by atoms with Gasteiger partial charge in [0.1, 0.15) is 12.1 Å². The van der Waals surface area contributed by atoms with E-state index in [1.165, 1.54) is 11.1 Å². The summed E-state index contributed by atoms with van der Waals surface area (Å²) in [6, 6.07) is 5.42. The highest BCUT2D eigenvalue weighted by atomic mass is 16.2. The molecule has 1 fully saturated rings. The fourth-order valence-corrected chi connectivity index (χ4v) is 3.08. The summed E-state index contributed by atoms with van der Waals surface area (Å²) in [6.45, 7) is 10.3. The van der Waals surface area contributed by atoms with Crippen LogP contribution in [-0.4, -0.2) is 28.8 Å². The molecule has 0 aliphatic carbocycles. The lowest BCUT2D eigenvalue weighted by molar-refractivity contribution is -0.151. The lowest BCUT2D eigenvalue weighted by Crippen LogP contribution is -2.63. The van der Waals surface area contributed by atoms with Gasteiger partial charge in [0.2, 0.25) is 11.8 Å². The molecule has 114 valence electrons. The van der Waals surface area contributed by atoms with Gasteiger partial charge < -0.3 is 10.2 Å². The van der Waals surface area contributed by atoms with Gasteiger partial charge in [0.15, 0.2) is 0 Å². The number of nitrogens with zero attached hydrogens (tertiary/aromatic N) is 1. The molecule has 1 N–H and O–H groups in total. The van der Waals surface area contributed by atoms with E-state index in [1.807, 2.05) is 27.7 Å². The topological polar surface area (TPSA) is 49.4 Å². The maximum Gasteiger partial charge on any atom is 0.245 e. The molecule has 0 spiro atoms. The first-order valence-corrected chi connectivity index (χ1v) is 7.47. The summed E-state index contributed by atoms with van der Waals surface area (Å²) in [4.78, 5) is 26.4. The molecule has 0 saturated carbocycles. The first-order chi connectivity index (χ1) is 9.79. The second kappa shape index (κ2) is 5.88. The van der Waals surface area contributed by atoms with Crippen molar-refractivity contribution in [2.75, 3.05) is 0 Å². The number of hydrogen-bond acceptors (Lipinski definition) is 2. The Kier molecular flexibility index (Phi) is 4.35. The number of amides is 2. The number of rotatable bonds is 3. The van der Waals surface area contributed by atoms with E-state index in [-0.39, 0.29) is 17.7 Å². The Morgan fingerprint density at radius 1 is 1.14 bits per heavy atom. The van der Waals surface area contributed by atoms with Gasteiger partial charge in [-0.3, -0.25) is 9.59 Å². The molecule has 4 heteroatoms. The third kappa shape index (κ3) is 3.26. The van der Waals surface area contributed by atoms with Crippen LogP contribution in [0.1, 0.15) is 37.5 Å². The van der Waals surface area contributed by atoms with E-state index >= 15 is 0 Å². The van der Waals surface area contributed by atoms with Crippen LogP contribution in [0.25, 0.3) is 0 Å². The van der Waals surface area contributed by atoms with E-state index < -0.39 is 12.1 Å². The van der Waals surface area contributed by atoms with Crippen molar-refractivity contribution in [2.24, 2.45) is 5.92 Å². The molecule has 4 nitrogen and oxygen atoms in total. The van der Waals surface area contributed by atoms with Crippen LogP contribution in [0.5, 0.6) is 0 Å². The minimum absolute atomic E-state index is 0.00698. The van der Waals surface area contributed by atoms with Gasteiger partial charge in [0.25, 0.3) is 0 Å². The van der Waals surface area contributed by atoms with Crippen LogP contribution in [0.3, 0.4) is 0 Å². The predicted octanol–water partition coefficient (Wildman–Crippen LogP) is 2.17. The summed E-state index contributed by atoms with van der Waals surface area (Å²) in [6.07, 6.45) is 0. The number of piperazine rings is 1. The zero-order chi connectivity index (χ0) is 15.7. The molecule has 1 aromatic rings. The van der Waals surface area contributed by atoms with Crippen molar-refractivity contribution in [1.82, 2.24) is 10.2 Å². The van der Waals surface area contributed by atoms with Crippen LogP contribution in [-0.2, 0) is 16.1 Å². The van der Waals surface area contributed by atoms with E-state index in [1.54, 1.807) is 11.8 Å². The Labute approximate surface area is 126 Å². The normalized spacial score (nSPS) is 22.7. The highest BCUT2D eigenvalue weighted by molar-refractivity contribution is 5.96. The second-order valence-electron chi connectivity index (χ2n) is 6.38. The van der Waals surface area contributed by atoms with Crippen LogP contribution in [0, 0.1) is 19.8 Å². The van der Waals surface area contributed by atoms with Gasteiger partial charge in [-0.15, -0.1) is 0 Å². The monoisotopic (exact) mass is 288 g/mol. The molecular formula is C17H24N2O2. The van der Waals surface area contributed by atoms with Crippen molar-refractivity contribution >= 4 is 11.8 Å². The molecule has 1 aliphatic heterocycles. The van der Waals surface area contributed by atoms with E-state index in [0.717, 1.165) is 5.56 Å². The lowest BCUT2D eigenvalue weighted by atomic mass is 9.96. The molecule has 1 saturated heterocycles. The molecule has 1 aliphatic rings. The SMILES string of the molecule is Cc1cc(C)cc(CN2C(=O)C(C)NC(=O)C2C(C)C)c1. The first-order valence-electron chi connectivity index (χ1n) is 7.47. The lowest BCUT2D eigenvalue weighted by Gasteiger charge is -2.40. The molecular weight excluding hydrogens is 264 g/mol. The molecule has 2 unspecified atom stereocenters. The maximum atomic E-state index is 12.5. The smallest absolute Gasteiger partial charge is 0.245 e. The van der Waals surface area contributed by atoms with Crippen LogP contribution >= 0.6 is 0 Å². The molecule has 0 radical (unpaired) electrons. The van der Waals surface area contributed by atoms with E-state index in [2.05, 4.69) is 23.5 Å². The van der Waals surface area contributed by atoms with Crippen molar-refractivity contribution in [1.29, 1.82) is 0 Å². The van der Waals surface area contributed by atoms with Crippen molar-refractivity contribution in [2.45, 2.75) is 53.2 Å². The van der Waals surface area contributed by atoms with Gasteiger partial charge in [0, 0.05) is 6.54 Å². The van der Waals surface area contributed by atoms with Crippen LogP contribution in [0.4, 0.5) is 0 Å². The number of carbonyl (C=O) groups is 2. The molecule has 1 aromatic carbocycles. The zero-order valence-corrected chi connectivity index (χ0v) is 13.4. The molecule has 2 amide bonds. The number of carbonyl (C=O) groups excluding carboxylic acids is 2. The maximum absolute atomic E-state index is 12.5. The van der Waals surface area contributed by atoms with Crippen LogP contribution < -0.4 is 5.32 Å². The van der Waals surface area contributed by atoms with Crippen molar-refractivity contribution in [3.8, 4) is 0 Å². The quantitative estimate of drug-likeness (QED) is 0.926. The van der Waals surface area contributed by atoms with Gasteiger partial charge in [0.05, 0.1) is 0 Å². The second-order valence-corrected chi connectivity index (χ2v) is 6.38. The Balaban J connectivity index is 2.32. The fraction of sp³-hybridized carbons (Fsp3) is 0.529. The minimum Gasteiger partial charge on any atom is -0.343 e. The number of aryl methyl sites for hydroxylation is 2. The zero-order valence-electron chi connectivity index (χ0n) is 13.4.